The zero-order valence-corrected chi connectivity index (χ0v) is 14.3. The molecule has 0 spiro atoms. The van der Waals surface area contributed by atoms with E-state index in [4.69, 9.17) is 0 Å². The van der Waals surface area contributed by atoms with Gasteiger partial charge in [-0.1, -0.05) is 20.8 Å². The first-order valence-corrected chi connectivity index (χ1v) is 8.58. The van der Waals surface area contributed by atoms with Gasteiger partial charge in [0.15, 0.2) is 0 Å². The predicted molar refractivity (Wildman–Crippen MR) is 84.7 cm³/mol. The molecule has 1 saturated heterocycles. The SMILES string of the molecule is CC(C)(C)C1CCCN(C(=O)c2csc(Br)c2)CC1. The second-order valence-corrected chi connectivity index (χ2v) is 8.72. The number of hydrogen-bond donors (Lipinski definition) is 0. The Morgan fingerprint density at radius 3 is 2.68 bits per heavy atom. The average Bonchev–Trinajstić information content (AvgIpc) is 2.62. The van der Waals surface area contributed by atoms with Crippen LogP contribution < -0.4 is 0 Å². The van der Waals surface area contributed by atoms with Gasteiger partial charge < -0.3 is 4.90 Å². The third-order valence-corrected chi connectivity index (χ3v) is 5.56. The lowest BCUT2D eigenvalue weighted by atomic mass is 9.77. The number of carbonyl (C=O) groups excluding carboxylic acids is 1. The summed E-state index contributed by atoms with van der Waals surface area (Å²) in [5.41, 5.74) is 1.18. The van der Waals surface area contributed by atoms with Crippen molar-refractivity contribution in [3.8, 4) is 0 Å². The fraction of sp³-hybridized carbons (Fsp3) is 0.667. The van der Waals surface area contributed by atoms with Gasteiger partial charge in [0, 0.05) is 18.5 Å². The second-order valence-electron chi connectivity index (χ2n) is 6.43. The minimum absolute atomic E-state index is 0.191. The van der Waals surface area contributed by atoms with Gasteiger partial charge in [-0.15, -0.1) is 11.3 Å². The molecule has 19 heavy (non-hydrogen) atoms. The van der Waals surface area contributed by atoms with E-state index in [1.54, 1.807) is 11.3 Å². The molecule has 1 aliphatic rings. The Bertz CT molecular complexity index is 449. The van der Waals surface area contributed by atoms with Crippen molar-refractivity contribution in [2.24, 2.45) is 11.3 Å². The molecule has 0 N–H and O–H groups in total. The van der Waals surface area contributed by atoms with Crippen molar-refractivity contribution < 1.29 is 4.79 Å². The highest BCUT2D eigenvalue weighted by Gasteiger charge is 2.28. The molecule has 4 heteroatoms. The molecule has 1 amide bonds. The summed E-state index contributed by atoms with van der Waals surface area (Å²) in [5.74, 6) is 0.913. The van der Waals surface area contributed by atoms with Crippen molar-refractivity contribution in [3.63, 3.8) is 0 Å². The van der Waals surface area contributed by atoms with Crippen molar-refractivity contribution in [1.29, 1.82) is 0 Å². The molecular formula is C15H22BrNOS. The van der Waals surface area contributed by atoms with Crippen LogP contribution >= 0.6 is 27.3 Å². The van der Waals surface area contributed by atoms with Crippen LogP contribution in [0.2, 0.25) is 0 Å². The maximum absolute atomic E-state index is 12.4. The van der Waals surface area contributed by atoms with E-state index in [1.165, 1.54) is 6.42 Å². The molecule has 0 bridgehead atoms. The highest BCUT2D eigenvalue weighted by Crippen LogP contribution is 2.34. The van der Waals surface area contributed by atoms with Crippen LogP contribution in [0.5, 0.6) is 0 Å². The highest BCUT2D eigenvalue weighted by molar-refractivity contribution is 9.11. The van der Waals surface area contributed by atoms with Gasteiger partial charge in [-0.05, 0) is 52.6 Å². The first-order valence-electron chi connectivity index (χ1n) is 6.91. The van der Waals surface area contributed by atoms with E-state index in [0.29, 0.717) is 5.41 Å². The molecule has 1 aromatic rings. The number of thiophene rings is 1. The standard InChI is InChI=1S/C15H22BrNOS/c1-15(2,3)12-5-4-7-17(8-6-12)14(18)11-9-13(16)19-10-11/h9-10,12H,4-8H2,1-3H3. The van der Waals surface area contributed by atoms with Crippen molar-refractivity contribution >= 4 is 33.2 Å². The summed E-state index contributed by atoms with van der Waals surface area (Å²) < 4.78 is 1.03. The lowest BCUT2D eigenvalue weighted by molar-refractivity contribution is 0.0756. The number of carbonyl (C=O) groups is 1. The molecule has 0 aromatic carbocycles. The van der Waals surface area contributed by atoms with Crippen molar-refractivity contribution in [3.05, 3.63) is 20.8 Å². The van der Waals surface area contributed by atoms with E-state index in [0.717, 1.165) is 41.2 Å². The molecule has 1 atom stereocenters. The summed E-state index contributed by atoms with van der Waals surface area (Å²) in [7, 11) is 0. The van der Waals surface area contributed by atoms with Crippen LogP contribution in [0.15, 0.2) is 15.2 Å². The zero-order chi connectivity index (χ0) is 14.0. The van der Waals surface area contributed by atoms with Crippen LogP contribution in [-0.2, 0) is 0 Å². The summed E-state index contributed by atoms with van der Waals surface area (Å²) in [4.78, 5) is 14.5. The first kappa shape index (κ1) is 15.0. The third-order valence-electron chi connectivity index (χ3n) is 4.05. The van der Waals surface area contributed by atoms with E-state index in [1.807, 2.05) is 16.3 Å². The topological polar surface area (TPSA) is 20.3 Å². The Balaban J connectivity index is 2.01. The number of rotatable bonds is 1. The number of hydrogen-bond acceptors (Lipinski definition) is 2. The van der Waals surface area contributed by atoms with Gasteiger partial charge in [0.05, 0.1) is 9.35 Å². The maximum Gasteiger partial charge on any atom is 0.254 e. The van der Waals surface area contributed by atoms with Gasteiger partial charge in [0.2, 0.25) is 0 Å². The lowest BCUT2D eigenvalue weighted by Gasteiger charge is -2.29. The molecule has 0 aliphatic carbocycles. The van der Waals surface area contributed by atoms with Gasteiger partial charge in [0.25, 0.3) is 5.91 Å². The van der Waals surface area contributed by atoms with Gasteiger partial charge >= 0.3 is 0 Å². The largest absolute Gasteiger partial charge is 0.339 e. The minimum atomic E-state index is 0.191. The lowest BCUT2D eigenvalue weighted by Crippen LogP contribution is -2.32. The molecule has 0 saturated carbocycles. The molecule has 2 heterocycles. The van der Waals surface area contributed by atoms with Crippen LogP contribution in [-0.4, -0.2) is 23.9 Å². The smallest absolute Gasteiger partial charge is 0.254 e. The van der Waals surface area contributed by atoms with Crippen molar-refractivity contribution in [1.82, 2.24) is 4.90 Å². The predicted octanol–water partition coefficient (Wildman–Crippen LogP) is 4.80. The molecule has 0 radical (unpaired) electrons. The third kappa shape index (κ3) is 3.82. The summed E-state index contributed by atoms with van der Waals surface area (Å²) >= 11 is 5.00. The Hall–Kier alpha value is -0.350. The molecule has 106 valence electrons. The van der Waals surface area contributed by atoms with Crippen LogP contribution in [0.3, 0.4) is 0 Å². The molecule has 1 aromatic heterocycles. The summed E-state index contributed by atoms with van der Waals surface area (Å²) in [6, 6.07) is 1.93. The van der Waals surface area contributed by atoms with E-state index >= 15 is 0 Å². The number of nitrogens with zero attached hydrogens (tertiary/aromatic N) is 1. The Labute approximate surface area is 128 Å². The Kier molecular flexibility index (Phi) is 4.72. The average molecular weight is 344 g/mol. The molecular weight excluding hydrogens is 322 g/mol. The molecule has 1 aliphatic heterocycles. The first-order chi connectivity index (χ1) is 8.88. The minimum Gasteiger partial charge on any atom is -0.339 e. The van der Waals surface area contributed by atoms with Gasteiger partial charge in [0.1, 0.15) is 0 Å². The van der Waals surface area contributed by atoms with Crippen molar-refractivity contribution in [2.75, 3.05) is 13.1 Å². The Morgan fingerprint density at radius 2 is 2.11 bits per heavy atom. The summed E-state index contributed by atoms with van der Waals surface area (Å²) in [6.07, 6.45) is 3.49. The number of likely N-dealkylation sites (tertiary alicyclic amines) is 1. The zero-order valence-electron chi connectivity index (χ0n) is 11.9. The summed E-state index contributed by atoms with van der Waals surface area (Å²) in [5, 5.41) is 1.94. The fourth-order valence-electron chi connectivity index (χ4n) is 2.77. The monoisotopic (exact) mass is 343 g/mol. The second kappa shape index (κ2) is 5.96. The van der Waals surface area contributed by atoms with Crippen LogP contribution in [0.4, 0.5) is 0 Å². The van der Waals surface area contributed by atoms with Crippen molar-refractivity contribution in [2.45, 2.75) is 40.0 Å². The molecule has 1 fully saturated rings. The van der Waals surface area contributed by atoms with E-state index in [-0.39, 0.29) is 5.91 Å². The van der Waals surface area contributed by atoms with Gasteiger partial charge in [-0.2, -0.15) is 0 Å². The number of amides is 1. The van der Waals surface area contributed by atoms with Gasteiger partial charge in [-0.25, -0.2) is 0 Å². The van der Waals surface area contributed by atoms with Crippen LogP contribution in [0.25, 0.3) is 0 Å². The van der Waals surface area contributed by atoms with Gasteiger partial charge in [-0.3, -0.25) is 4.79 Å². The maximum atomic E-state index is 12.4. The van der Waals surface area contributed by atoms with Crippen LogP contribution in [0, 0.1) is 11.3 Å². The van der Waals surface area contributed by atoms with E-state index < -0.39 is 0 Å². The van der Waals surface area contributed by atoms with E-state index in [9.17, 15) is 4.79 Å². The van der Waals surface area contributed by atoms with Crippen LogP contribution in [0.1, 0.15) is 50.4 Å². The molecule has 2 rings (SSSR count). The summed E-state index contributed by atoms with van der Waals surface area (Å²) in [6.45, 7) is 8.73. The normalized spacial score (nSPS) is 21.3. The number of halogens is 1. The Morgan fingerprint density at radius 1 is 1.37 bits per heavy atom. The quantitative estimate of drug-likeness (QED) is 0.717. The molecule has 1 unspecified atom stereocenters. The fourth-order valence-corrected chi connectivity index (χ4v) is 3.90. The van der Waals surface area contributed by atoms with E-state index in [2.05, 4.69) is 36.7 Å². The highest BCUT2D eigenvalue weighted by atomic mass is 79.9. The molecule has 2 nitrogen and oxygen atoms in total.